The molecule has 0 saturated carbocycles. The van der Waals surface area contributed by atoms with Crippen LogP contribution < -0.4 is 5.73 Å². The Morgan fingerprint density at radius 3 is 2.75 bits per heavy atom. The maximum atomic E-state index is 11.2. The molecule has 1 heterocycles. The van der Waals surface area contributed by atoms with Gasteiger partial charge in [0, 0.05) is 18.4 Å². The number of hydrogen-bond acceptors (Lipinski definition) is 2. The third-order valence-corrected chi connectivity index (χ3v) is 4.37. The van der Waals surface area contributed by atoms with E-state index in [1.165, 1.54) is 0 Å². The van der Waals surface area contributed by atoms with E-state index >= 15 is 0 Å². The number of piperidine rings is 1. The summed E-state index contributed by atoms with van der Waals surface area (Å²) in [6, 6.07) is 0. The van der Waals surface area contributed by atoms with Crippen molar-refractivity contribution in [3.63, 3.8) is 0 Å². The summed E-state index contributed by atoms with van der Waals surface area (Å²) in [6.07, 6.45) is 2.06. The van der Waals surface area contributed by atoms with E-state index in [9.17, 15) is 4.79 Å². The smallest absolute Gasteiger partial charge is 0.221 e. The number of likely N-dealkylation sites (tertiary alicyclic amines) is 1. The minimum Gasteiger partial charge on any atom is -0.369 e. The van der Waals surface area contributed by atoms with Crippen LogP contribution in [0.15, 0.2) is 0 Å². The van der Waals surface area contributed by atoms with Gasteiger partial charge in [-0.05, 0) is 31.2 Å². The average molecular weight is 291 g/mol. The van der Waals surface area contributed by atoms with E-state index in [0.29, 0.717) is 11.8 Å². The average Bonchev–Trinajstić information content (AvgIpc) is 2.25. The van der Waals surface area contributed by atoms with Crippen LogP contribution >= 0.6 is 15.9 Å². The van der Waals surface area contributed by atoms with E-state index in [-0.39, 0.29) is 11.8 Å². The number of carbonyl (C=O) groups excluding carboxylic acids is 1. The summed E-state index contributed by atoms with van der Waals surface area (Å²) in [4.78, 5) is 13.6. The van der Waals surface area contributed by atoms with Crippen LogP contribution in [-0.2, 0) is 4.79 Å². The third kappa shape index (κ3) is 4.06. The predicted molar refractivity (Wildman–Crippen MR) is 70.5 cm³/mol. The van der Waals surface area contributed by atoms with Crippen LogP contribution in [0.5, 0.6) is 0 Å². The van der Waals surface area contributed by atoms with Gasteiger partial charge in [-0.2, -0.15) is 0 Å². The zero-order valence-corrected chi connectivity index (χ0v) is 11.9. The van der Waals surface area contributed by atoms with Crippen LogP contribution in [0, 0.1) is 17.8 Å². The van der Waals surface area contributed by atoms with Crippen LogP contribution in [0.3, 0.4) is 0 Å². The molecular formula is C12H23BrN2O. The molecule has 1 rings (SSSR count). The molecule has 1 aliphatic rings. The van der Waals surface area contributed by atoms with Crippen LogP contribution in [0.1, 0.15) is 26.7 Å². The van der Waals surface area contributed by atoms with Crippen LogP contribution in [0.4, 0.5) is 0 Å². The van der Waals surface area contributed by atoms with Crippen molar-refractivity contribution in [2.24, 2.45) is 23.5 Å². The number of amides is 1. The van der Waals surface area contributed by atoms with Gasteiger partial charge in [0.05, 0.1) is 5.92 Å². The molecule has 4 heteroatoms. The Balaban J connectivity index is 2.44. The van der Waals surface area contributed by atoms with Gasteiger partial charge in [-0.1, -0.05) is 29.8 Å². The van der Waals surface area contributed by atoms with Crippen molar-refractivity contribution >= 4 is 21.8 Å². The van der Waals surface area contributed by atoms with Gasteiger partial charge in [-0.3, -0.25) is 4.79 Å². The second-order valence-corrected chi connectivity index (χ2v) is 5.81. The zero-order chi connectivity index (χ0) is 12.1. The lowest BCUT2D eigenvalue weighted by atomic mass is 9.93. The Labute approximate surface area is 107 Å². The fourth-order valence-corrected chi connectivity index (χ4v) is 3.18. The molecule has 1 amide bonds. The van der Waals surface area contributed by atoms with Gasteiger partial charge in [0.15, 0.2) is 0 Å². The van der Waals surface area contributed by atoms with Crippen molar-refractivity contribution in [1.82, 2.24) is 4.90 Å². The zero-order valence-electron chi connectivity index (χ0n) is 10.3. The van der Waals surface area contributed by atoms with Gasteiger partial charge >= 0.3 is 0 Å². The van der Waals surface area contributed by atoms with Gasteiger partial charge in [0.1, 0.15) is 0 Å². The summed E-state index contributed by atoms with van der Waals surface area (Å²) in [6.45, 7) is 7.54. The Morgan fingerprint density at radius 2 is 2.25 bits per heavy atom. The van der Waals surface area contributed by atoms with Crippen molar-refractivity contribution in [3.05, 3.63) is 0 Å². The molecule has 0 aliphatic carbocycles. The van der Waals surface area contributed by atoms with Crippen molar-refractivity contribution in [1.29, 1.82) is 0 Å². The molecule has 2 N–H and O–H groups in total. The number of hydrogen-bond donors (Lipinski definition) is 1. The lowest BCUT2D eigenvalue weighted by Crippen LogP contribution is -2.43. The second-order valence-electron chi connectivity index (χ2n) is 5.16. The maximum Gasteiger partial charge on any atom is 0.221 e. The Bertz CT molecular complexity index is 233. The summed E-state index contributed by atoms with van der Waals surface area (Å²) in [5, 5.41) is 1.03. The van der Waals surface area contributed by atoms with Gasteiger partial charge in [-0.15, -0.1) is 0 Å². The van der Waals surface area contributed by atoms with Crippen LogP contribution in [-0.4, -0.2) is 35.8 Å². The normalized spacial score (nSPS) is 24.6. The van der Waals surface area contributed by atoms with E-state index in [0.717, 1.165) is 37.8 Å². The van der Waals surface area contributed by atoms with E-state index in [1.807, 2.05) is 0 Å². The lowest BCUT2D eigenvalue weighted by Gasteiger charge is -2.34. The van der Waals surface area contributed by atoms with E-state index in [4.69, 9.17) is 5.73 Å². The highest BCUT2D eigenvalue weighted by Crippen LogP contribution is 2.21. The number of carbonyl (C=O) groups is 1. The van der Waals surface area contributed by atoms with Gasteiger partial charge in [-0.25, -0.2) is 0 Å². The number of primary amides is 1. The maximum absolute atomic E-state index is 11.2. The number of halogens is 1. The number of nitrogens with two attached hydrogens (primary N) is 1. The second kappa shape index (κ2) is 6.60. The molecule has 0 bridgehead atoms. The predicted octanol–water partition coefficient (Wildman–Crippen LogP) is 1.85. The van der Waals surface area contributed by atoms with E-state index < -0.39 is 0 Å². The Kier molecular flexibility index (Phi) is 5.76. The molecule has 94 valence electrons. The van der Waals surface area contributed by atoms with Crippen molar-refractivity contribution in [3.8, 4) is 0 Å². The molecule has 3 nitrogen and oxygen atoms in total. The molecule has 0 aromatic heterocycles. The Morgan fingerprint density at radius 1 is 1.56 bits per heavy atom. The highest BCUT2D eigenvalue weighted by atomic mass is 79.9. The summed E-state index contributed by atoms with van der Waals surface area (Å²) in [5.74, 6) is 1.27. The fourth-order valence-electron chi connectivity index (χ4n) is 2.22. The number of rotatable bonds is 5. The van der Waals surface area contributed by atoms with Gasteiger partial charge in [0.25, 0.3) is 0 Å². The first-order valence-electron chi connectivity index (χ1n) is 6.12. The van der Waals surface area contributed by atoms with Gasteiger partial charge < -0.3 is 10.6 Å². The topological polar surface area (TPSA) is 46.3 Å². The molecule has 0 aromatic rings. The molecule has 0 aromatic carbocycles. The summed E-state index contributed by atoms with van der Waals surface area (Å²) in [7, 11) is 0. The number of nitrogens with zero attached hydrogens (tertiary/aromatic N) is 1. The standard InChI is InChI=1S/C12H23BrN2O/c1-9(2)11(6-13)8-15-5-3-4-10(7-15)12(14)16/h9-11H,3-8H2,1-2H3,(H2,14,16). The molecule has 0 radical (unpaired) electrons. The van der Waals surface area contributed by atoms with Gasteiger partial charge in [0.2, 0.25) is 5.91 Å². The minimum atomic E-state index is -0.135. The highest BCUT2D eigenvalue weighted by molar-refractivity contribution is 9.09. The third-order valence-electron chi connectivity index (χ3n) is 3.54. The van der Waals surface area contributed by atoms with Crippen molar-refractivity contribution < 1.29 is 4.79 Å². The van der Waals surface area contributed by atoms with E-state index in [1.54, 1.807) is 0 Å². The molecule has 1 saturated heterocycles. The summed E-state index contributed by atoms with van der Waals surface area (Å²) in [5.41, 5.74) is 5.38. The SMILES string of the molecule is CC(C)C(CBr)CN1CCCC(C(N)=O)C1. The van der Waals surface area contributed by atoms with Crippen LogP contribution in [0.25, 0.3) is 0 Å². The largest absolute Gasteiger partial charge is 0.369 e. The molecule has 0 spiro atoms. The molecule has 1 fully saturated rings. The lowest BCUT2D eigenvalue weighted by molar-refractivity contribution is -0.123. The summed E-state index contributed by atoms with van der Waals surface area (Å²) < 4.78 is 0. The summed E-state index contributed by atoms with van der Waals surface area (Å²) >= 11 is 3.57. The first-order chi connectivity index (χ1) is 7.54. The molecule has 2 atom stereocenters. The first-order valence-corrected chi connectivity index (χ1v) is 7.24. The Hall–Kier alpha value is -0.0900. The van der Waals surface area contributed by atoms with Crippen molar-refractivity contribution in [2.45, 2.75) is 26.7 Å². The molecular weight excluding hydrogens is 268 g/mol. The molecule has 1 aliphatic heterocycles. The van der Waals surface area contributed by atoms with E-state index in [2.05, 4.69) is 34.7 Å². The number of alkyl halides is 1. The van der Waals surface area contributed by atoms with Crippen LogP contribution in [0.2, 0.25) is 0 Å². The highest BCUT2D eigenvalue weighted by Gasteiger charge is 2.26. The van der Waals surface area contributed by atoms with Crippen molar-refractivity contribution in [2.75, 3.05) is 25.0 Å². The molecule has 16 heavy (non-hydrogen) atoms. The first kappa shape index (κ1) is 14.0. The quantitative estimate of drug-likeness (QED) is 0.786. The monoisotopic (exact) mass is 290 g/mol. The minimum absolute atomic E-state index is 0.0666. The molecule has 2 unspecified atom stereocenters. The fraction of sp³-hybridized carbons (Fsp3) is 0.917.